The number of nitro groups is 1. The molecule has 1 aromatic carbocycles. The maximum absolute atomic E-state index is 10.9. The maximum atomic E-state index is 10.9. The maximum Gasteiger partial charge on any atom is 0.270 e. The zero-order chi connectivity index (χ0) is 18.8. The Morgan fingerprint density at radius 3 is 2.73 bits per heavy atom. The third kappa shape index (κ3) is 3.19. The summed E-state index contributed by atoms with van der Waals surface area (Å²) in [4.78, 5) is 14.9. The molecule has 0 bridgehead atoms. The van der Waals surface area contributed by atoms with Crippen molar-refractivity contribution in [1.82, 2.24) is 14.8 Å². The molecule has 0 saturated heterocycles. The number of hydrogen-bond donors (Lipinski definition) is 1. The number of aryl methyl sites for hydroxylation is 2. The second-order valence-electron chi connectivity index (χ2n) is 6.08. The van der Waals surface area contributed by atoms with Gasteiger partial charge in [-0.15, -0.1) is 0 Å². The number of benzene rings is 1. The van der Waals surface area contributed by atoms with Crippen molar-refractivity contribution < 1.29 is 4.92 Å². The number of non-ortho nitro benzene ring substituents is 1. The summed E-state index contributed by atoms with van der Waals surface area (Å²) in [6.45, 7) is 4.66. The van der Waals surface area contributed by atoms with Gasteiger partial charge in [0.1, 0.15) is 5.82 Å². The van der Waals surface area contributed by atoms with Gasteiger partial charge in [-0.3, -0.25) is 14.8 Å². The average Bonchev–Trinajstić information content (AvgIpc) is 2.86. The van der Waals surface area contributed by atoms with E-state index in [1.54, 1.807) is 12.1 Å². The van der Waals surface area contributed by atoms with Crippen LogP contribution in [0.2, 0.25) is 0 Å². The Kier molecular flexibility index (Phi) is 4.54. The summed E-state index contributed by atoms with van der Waals surface area (Å²) in [7, 11) is 1.92. The van der Waals surface area contributed by atoms with E-state index in [4.69, 9.17) is 0 Å². The number of anilines is 1. The number of nitrogens with one attached hydrogen (secondary N) is 1. The van der Waals surface area contributed by atoms with Gasteiger partial charge in [0.05, 0.1) is 27.8 Å². The number of pyridine rings is 1. The van der Waals surface area contributed by atoms with Crippen molar-refractivity contribution in [1.29, 1.82) is 5.26 Å². The minimum Gasteiger partial charge on any atom is -0.370 e. The van der Waals surface area contributed by atoms with Crippen LogP contribution in [-0.4, -0.2) is 26.2 Å². The number of hydrogen-bond acceptors (Lipinski definition) is 6. The normalized spacial score (nSPS) is 10.7. The van der Waals surface area contributed by atoms with Gasteiger partial charge in [-0.1, -0.05) is 0 Å². The highest BCUT2D eigenvalue weighted by atomic mass is 16.6. The standard InChI is InChI=1S/C18H18N6O2/c1-11-15(12(2)23(3)22-11)6-7-20-18-8-13(10-19)16-9-14(24(25)26)4-5-17(16)21-18/h4-5,8-9H,6-7H2,1-3H3,(H,20,21). The molecule has 0 aliphatic carbocycles. The Labute approximate surface area is 150 Å². The Bertz CT molecular complexity index is 1050. The molecular weight excluding hydrogens is 332 g/mol. The molecule has 1 N–H and O–H groups in total. The number of nitriles is 1. The number of aromatic nitrogens is 3. The molecule has 3 rings (SSSR count). The topological polar surface area (TPSA) is 110 Å². The van der Waals surface area contributed by atoms with E-state index in [-0.39, 0.29) is 5.69 Å². The molecule has 2 aromatic heterocycles. The SMILES string of the molecule is Cc1nn(C)c(C)c1CCNc1cc(C#N)c2cc([N+](=O)[O-])ccc2n1. The van der Waals surface area contributed by atoms with Crippen molar-refractivity contribution in [2.45, 2.75) is 20.3 Å². The lowest BCUT2D eigenvalue weighted by molar-refractivity contribution is -0.384. The van der Waals surface area contributed by atoms with E-state index in [0.29, 0.717) is 28.8 Å². The predicted molar refractivity (Wildman–Crippen MR) is 98.0 cm³/mol. The van der Waals surface area contributed by atoms with Gasteiger partial charge in [0.2, 0.25) is 0 Å². The third-order valence-corrected chi connectivity index (χ3v) is 4.46. The molecule has 3 aromatic rings. The van der Waals surface area contributed by atoms with E-state index in [2.05, 4.69) is 21.5 Å². The molecule has 132 valence electrons. The first-order valence-electron chi connectivity index (χ1n) is 8.13. The Balaban J connectivity index is 1.83. The van der Waals surface area contributed by atoms with Crippen LogP contribution in [0.4, 0.5) is 11.5 Å². The molecule has 8 nitrogen and oxygen atoms in total. The van der Waals surface area contributed by atoms with Gasteiger partial charge >= 0.3 is 0 Å². The summed E-state index contributed by atoms with van der Waals surface area (Å²) in [6.07, 6.45) is 0.785. The summed E-state index contributed by atoms with van der Waals surface area (Å²) in [5.74, 6) is 0.571. The van der Waals surface area contributed by atoms with Crippen LogP contribution in [0.3, 0.4) is 0 Å². The molecule has 0 aliphatic heterocycles. The van der Waals surface area contributed by atoms with Gasteiger partial charge in [-0.2, -0.15) is 10.4 Å². The van der Waals surface area contributed by atoms with Crippen molar-refractivity contribution in [2.75, 3.05) is 11.9 Å². The van der Waals surface area contributed by atoms with Crippen LogP contribution in [-0.2, 0) is 13.5 Å². The largest absolute Gasteiger partial charge is 0.370 e. The smallest absolute Gasteiger partial charge is 0.270 e. The number of fused-ring (bicyclic) bond motifs is 1. The van der Waals surface area contributed by atoms with E-state index in [9.17, 15) is 15.4 Å². The monoisotopic (exact) mass is 350 g/mol. The Morgan fingerprint density at radius 1 is 1.35 bits per heavy atom. The van der Waals surface area contributed by atoms with E-state index in [0.717, 1.165) is 17.8 Å². The molecule has 0 amide bonds. The fourth-order valence-corrected chi connectivity index (χ4v) is 3.01. The van der Waals surface area contributed by atoms with Crippen molar-refractivity contribution in [3.63, 3.8) is 0 Å². The molecule has 2 heterocycles. The van der Waals surface area contributed by atoms with Crippen molar-refractivity contribution in [2.24, 2.45) is 7.05 Å². The van der Waals surface area contributed by atoms with Crippen LogP contribution in [0.5, 0.6) is 0 Å². The summed E-state index contributed by atoms with van der Waals surface area (Å²) >= 11 is 0. The van der Waals surface area contributed by atoms with Crippen LogP contribution in [0, 0.1) is 35.3 Å². The third-order valence-electron chi connectivity index (χ3n) is 4.46. The predicted octanol–water partition coefficient (Wildman–Crippen LogP) is 3.02. The summed E-state index contributed by atoms with van der Waals surface area (Å²) in [6, 6.07) is 8.05. The van der Waals surface area contributed by atoms with E-state index >= 15 is 0 Å². The first kappa shape index (κ1) is 17.4. The highest BCUT2D eigenvalue weighted by molar-refractivity contribution is 5.88. The lowest BCUT2D eigenvalue weighted by Crippen LogP contribution is -2.08. The van der Waals surface area contributed by atoms with Crippen LogP contribution in [0.1, 0.15) is 22.5 Å². The molecule has 0 fully saturated rings. The van der Waals surface area contributed by atoms with Crippen LogP contribution < -0.4 is 5.32 Å². The Hall–Kier alpha value is -3.47. The lowest BCUT2D eigenvalue weighted by Gasteiger charge is -2.08. The molecular formula is C18H18N6O2. The number of nitro benzene ring substituents is 1. The molecule has 0 radical (unpaired) electrons. The summed E-state index contributed by atoms with van der Waals surface area (Å²) < 4.78 is 1.86. The first-order valence-corrected chi connectivity index (χ1v) is 8.13. The van der Waals surface area contributed by atoms with Gasteiger partial charge in [0, 0.05) is 36.8 Å². The van der Waals surface area contributed by atoms with Crippen molar-refractivity contribution >= 4 is 22.4 Å². The highest BCUT2D eigenvalue weighted by Crippen LogP contribution is 2.25. The van der Waals surface area contributed by atoms with Crippen LogP contribution in [0.15, 0.2) is 24.3 Å². The van der Waals surface area contributed by atoms with Gasteiger partial charge < -0.3 is 5.32 Å². The fourth-order valence-electron chi connectivity index (χ4n) is 3.01. The van der Waals surface area contributed by atoms with Gasteiger partial charge in [-0.05, 0) is 38.0 Å². The Morgan fingerprint density at radius 2 is 2.12 bits per heavy atom. The van der Waals surface area contributed by atoms with Crippen molar-refractivity contribution in [3.8, 4) is 6.07 Å². The molecule has 0 atom stereocenters. The minimum atomic E-state index is -0.481. The molecule has 0 spiro atoms. The van der Waals surface area contributed by atoms with E-state index < -0.39 is 4.92 Å². The quantitative estimate of drug-likeness (QED) is 0.559. The zero-order valence-corrected chi connectivity index (χ0v) is 14.8. The van der Waals surface area contributed by atoms with E-state index in [1.165, 1.54) is 17.7 Å². The average molecular weight is 350 g/mol. The van der Waals surface area contributed by atoms with Gasteiger partial charge in [0.25, 0.3) is 5.69 Å². The van der Waals surface area contributed by atoms with Crippen LogP contribution >= 0.6 is 0 Å². The van der Waals surface area contributed by atoms with E-state index in [1.807, 2.05) is 25.6 Å². The second-order valence-corrected chi connectivity index (χ2v) is 6.08. The van der Waals surface area contributed by atoms with Gasteiger partial charge in [0.15, 0.2) is 0 Å². The summed E-state index contributed by atoms with van der Waals surface area (Å²) in [5, 5.41) is 28.4. The molecule has 8 heteroatoms. The number of nitrogens with zero attached hydrogens (tertiary/aromatic N) is 5. The van der Waals surface area contributed by atoms with Crippen molar-refractivity contribution in [3.05, 3.63) is 56.9 Å². The highest BCUT2D eigenvalue weighted by Gasteiger charge is 2.12. The lowest BCUT2D eigenvalue weighted by atomic mass is 10.1. The molecule has 0 aliphatic rings. The molecule has 0 unspecified atom stereocenters. The molecule has 0 saturated carbocycles. The zero-order valence-electron chi connectivity index (χ0n) is 14.8. The minimum absolute atomic E-state index is 0.0564. The summed E-state index contributed by atoms with van der Waals surface area (Å²) in [5.41, 5.74) is 4.17. The first-order chi connectivity index (χ1) is 12.4. The van der Waals surface area contributed by atoms with Crippen LogP contribution in [0.25, 0.3) is 10.9 Å². The second kappa shape index (κ2) is 6.80. The fraction of sp³-hybridized carbons (Fsp3) is 0.278. The molecule has 26 heavy (non-hydrogen) atoms. The number of rotatable bonds is 5. The van der Waals surface area contributed by atoms with Gasteiger partial charge in [-0.25, -0.2) is 4.98 Å².